The Morgan fingerprint density at radius 2 is 1.45 bits per heavy atom. The van der Waals surface area contributed by atoms with Crippen LogP contribution in [0.4, 0.5) is 0 Å². The van der Waals surface area contributed by atoms with E-state index in [1.54, 1.807) is 38.5 Å². The SMILES string of the molecule is COc1ccc(CCCNC(=O)c2ccc(OC)cc2)cc1. The second-order valence-corrected chi connectivity index (χ2v) is 4.94. The third-order valence-corrected chi connectivity index (χ3v) is 3.44. The molecule has 1 amide bonds. The maximum Gasteiger partial charge on any atom is 0.251 e. The maximum atomic E-state index is 12.0. The highest BCUT2D eigenvalue weighted by Gasteiger charge is 2.04. The van der Waals surface area contributed by atoms with Crippen LogP contribution in [-0.4, -0.2) is 26.7 Å². The molecular formula is C18H21NO3. The summed E-state index contributed by atoms with van der Waals surface area (Å²) in [6.45, 7) is 0.650. The Kier molecular flexibility index (Phi) is 5.83. The van der Waals surface area contributed by atoms with Crippen LogP contribution >= 0.6 is 0 Å². The van der Waals surface area contributed by atoms with Crippen LogP contribution in [0.1, 0.15) is 22.3 Å². The number of hydrogen-bond donors (Lipinski definition) is 1. The minimum absolute atomic E-state index is 0.0580. The van der Waals surface area contributed by atoms with E-state index in [4.69, 9.17) is 9.47 Å². The van der Waals surface area contributed by atoms with Gasteiger partial charge in [-0.1, -0.05) is 12.1 Å². The molecule has 0 aromatic heterocycles. The Balaban J connectivity index is 1.74. The summed E-state index contributed by atoms with van der Waals surface area (Å²) in [5.41, 5.74) is 1.88. The Morgan fingerprint density at radius 1 is 0.909 bits per heavy atom. The number of nitrogens with one attached hydrogen (secondary N) is 1. The molecule has 4 heteroatoms. The van der Waals surface area contributed by atoms with Crippen molar-refractivity contribution in [3.63, 3.8) is 0 Å². The van der Waals surface area contributed by atoms with Crippen molar-refractivity contribution >= 4 is 5.91 Å². The van der Waals surface area contributed by atoms with E-state index in [1.165, 1.54) is 5.56 Å². The lowest BCUT2D eigenvalue weighted by Crippen LogP contribution is -2.24. The fraction of sp³-hybridized carbons (Fsp3) is 0.278. The number of amides is 1. The van der Waals surface area contributed by atoms with E-state index in [1.807, 2.05) is 24.3 Å². The Morgan fingerprint density at radius 3 is 2.00 bits per heavy atom. The van der Waals surface area contributed by atoms with Crippen LogP contribution in [0.25, 0.3) is 0 Å². The first-order valence-corrected chi connectivity index (χ1v) is 7.28. The summed E-state index contributed by atoms with van der Waals surface area (Å²) in [5.74, 6) is 1.55. The Hall–Kier alpha value is -2.49. The Labute approximate surface area is 131 Å². The van der Waals surface area contributed by atoms with E-state index in [2.05, 4.69) is 5.32 Å². The number of methoxy groups -OCH3 is 2. The number of carbonyl (C=O) groups excluding carboxylic acids is 1. The van der Waals surface area contributed by atoms with Crippen LogP contribution in [0.3, 0.4) is 0 Å². The first kappa shape index (κ1) is 15.9. The molecule has 0 fully saturated rings. The lowest BCUT2D eigenvalue weighted by Gasteiger charge is -2.07. The van der Waals surface area contributed by atoms with Gasteiger partial charge in [-0.15, -0.1) is 0 Å². The molecule has 116 valence electrons. The van der Waals surface area contributed by atoms with Gasteiger partial charge in [0.15, 0.2) is 0 Å². The predicted molar refractivity (Wildman–Crippen MR) is 86.6 cm³/mol. The average molecular weight is 299 g/mol. The zero-order chi connectivity index (χ0) is 15.8. The van der Waals surface area contributed by atoms with Gasteiger partial charge in [0.2, 0.25) is 0 Å². The molecule has 0 atom stereocenters. The summed E-state index contributed by atoms with van der Waals surface area (Å²) >= 11 is 0. The van der Waals surface area contributed by atoms with E-state index >= 15 is 0 Å². The summed E-state index contributed by atoms with van der Waals surface area (Å²) < 4.78 is 10.2. The molecule has 0 aliphatic heterocycles. The summed E-state index contributed by atoms with van der Waals surface area (Å²) in [5, 5.41) is 2.92. The molecule has 1 N–H and O–H groups in total. The van der Waals surface area contributed by atoms with Crippen LogP contribution < -0.4 is 14.8 Å². The molecule has 0 saturated heterocycles. The van der Waals surface area contributed by atoms with Crippen molar-refractivity contribution in [3.05, 3.63) is 59.7 Å². The van der Waals surface area contributed by atoms with Crippen LogP contribution in [0.2, 0.25) is 0 Å². The van der Waals surface area contributed by atoms with Crippen molar-refractivity contribution < 1.29 is 14.3 Å². The van der Waals surface area contributed by atoms with Gasteiger partial charge in [0.25, 0.3) is 5.91 Å². The zero-order valence-electron chi connectivity index (χ0n) is 13.0. The van der Waals surface area contributed by atoms with Crippen LogP contribution in [0, 0.1) is 0 Å². The topological polar surface area (TPSA) is 47.6 Å². The molecule has 0 radical (unpaired) electrons. The number of carbonyl (C=O) groups is 1. The van der Waals surface area contributed by atoms with Crippen molar-refractivity contribution in [2.24, 2.45) is 0 Å². The van der Waals surface area contributed by atoms with Gasteiger partial charge in [0.1, 0.15) is 11.5 Å². The van der Waals surface area contributed by atoms with E-state index in [0.717, 1.165) is 24.3 Å². The van der Waals surface area contributed by atoms with Crippen molar-refractivity contribution in [1.82, 2.24) is 5.32 Å². The van der Waals surface area contributed by atoms with E-state index < -0.39 is 0 Å². The molecule has 0 unspecified atom stereocenters. The first-order chi connectivity index (χ1) is 10.7. The van der Waals surface area contributed by atoms with Crippen molar-refractivity contribution in [2.45, 2.75) is 12.8 Å². The third-order valence-electron chi connectivity index (χ3n) is 3.44. The molecule has 0 aliphatic rings. The summed E-state index contributed by atoms with van der Waals surface area (Å²) in [4.78, 5) is 12.0. The van der Waals surface area contributed by atoms with E-state index in [9.17, 15) is 4.79 Å². The highest BCUT2D eigenvalue weighted by Crippen LogP contribution is 2.13. The fourth-order valence-corrected chi connectivity index (χ4v) is 2.13. The van der Waals surface area contributed by atoms with Gasteiger partial charge in [-0.25, -0.2) is 0 Å². The van der Waals surface area contributed by atoms with Gasteiger partial charge in [0, 0.05) is 12.1 Å². The van der Waals surface area contributed by atoms with Crippen molar-refractivity contribution in [2.75, 3.05) is 20.8 Å². The number of benzene rings is 2. The minimum atomic E-state index is -0.0580. The maximum absolute atomic E-state index is 12.0. The molecule has 2 aromatic rings. The van der Waals surface area contributed by atoms with Crippen LogP contribution in [-0.2, 0) is 6.42 Å². The minimum Gasteiger partial charge on any atom is -0.497 e. The van der Waals surface area contributed by atoms with Crippen molar-refractivity contribution in [1.29, 1.82) is 0 Å². The molecule has 0 aliphatic carbocycles. The molecular weight excluding hydrogens is 278 g/mol. The Bertz CT molecular complexity index is 591. The van der Waals surface area contributed by atoms with Crippen LogP contribution in [0.5, 0.6) is 11.5 Å². The number of aryl methyl sites for hydroxylation is 1. The lowest BCUT2D eigenvalue weighted by atomic mass is 10.1. The van der Waals surface area contributed by atoms with E-state index in [0.29, 0.717) is 12.1 Å². The van der Waals surface area contributed by atoms with Crippen LogP contribution in [0.15, 0.2) is 48.5 Å². The first-order valence-electron chi connectivity index (χ1n) is 7.28. The monoisotopic (exact) mass is 299 g/mol. The van der Waals surface area contributed by atoms with Gasteiger partial charge in [0.05, 0.1) is 14.2 Å². The number of ether oxygens (including phenoxy) is 2. The second-order valence-electron chi connectivity index (χ2n) is 4.94. The van der Waals surface area contributed by atoms with E-state index in [-0.39, 0.29) is 5.91 Å². The molecule has 4 nitrogen and oxygen atoms in total. The molecule has 2 aromatic carbocycles. The zero-order valence-corrected chi connectivity index (χ0v) is 13.0. The van der Waals surface area contributed by atoms with Gasteiger partial charge >= 0.3 is 0 Å². The van der Waals surface area contributed by atoms with Gasteiger partial charge in [-0.05, 0) is 54.8 Å². The number of rotatable bonds is 7. The molecule has 2 rings (SSSR count). The quantitative estimate of drug-likeness (QED) is 0.799. The lowest BCUT2D eigenvalue weighted by molar-refractivity contribution is 0.0953. The largest absolute Gasteiger partial charge is 0.497 e. The van der Waals surface area contributed by atoms with Gasteiger partial charge < -0.3 is 14.8 Å². The molecule has 0 bridgehead atoms. The standard InChI is InChI=1S/C18H21NO3/c1-21-16-9-5-14(6-10-16)4-3-13-19-18(20)15-7-11-17(22-2)12-8-15/h5-12H,3-4,13H2,1-2H3,(H,19,20). The molecule has 0 saturated carbocycles. The normalized spacial score (nSPS) is 10.1. The highest BCUT2D eigenvalue weighted by atomic mass is 16.5. The predicted octanol–water partition coefficient (Wildman–Crippen LogP) is 3.07. The average Bonchev–Trinajstić information content (AvgIpc) is 2.59. The molecule has 0 heterocycles. The number of hydrogen-bond acceptors (Lipinski definition) is 3. The summed E-state index contributed by atoms with van der Waals surface area (Å²) in [6.07, 6.45) is 1.82. The van der Waals surface area contributed by atoms with Gasteiger partial charge in [-0.3, -0.25) is 4.79 Å². The second kappa shape index (κ2) is 8.08. The molecule has 0 spiro atoms. The summed E-state index contributed by atoms with van der Waals surface area (Å²) in [7, 11) is 3.26. The fourth-order valence-electron chi connectivity index (χ4n) is 2.13. The third kappa shape index (κ3) is 4.52. The molecule has 22 heavy (non-hydrogen) atoms. The highest BCUT2D eigenvalue weighted by molar-refractivity contribution is 5.94. The van der Waals surface area contributed by atoms with Crippen molar-refractivity contribution in [3.8, 4) is 11.5 Å². The smallest absolute Gasteiger partial charge is 0.251 e. The summed E-state index contributed by atoms with van der Waals surface area (Å²) in [6, 6.07) is 15.1. The van der Waals surface area contributed by atoms with Gasteiger partial charge in [-0.2, -0.15) is 0 Å².